The summed E-state index contributed by atoms with van der Waals surface area (Å²) in [5.74, 6) is -0.830. The molecule has 4 rings (SSSR count). The Morgan fingerprint density at radius 2 is 1.78 bits per heavy atom. The molecule has 0 aliphatic carbocycles. The largest absolute Gasteiger partial charge is 0.416 e. The first-order chi connectivity index (χ1) is 15.3. The van der Waals surface area contributed by atoms with E-state index in [9.17, 15) is 22.4 Å². The minimum Gasteiger partial charge on any atom is -0.320 e. The van der Waals surface area contributed by atoms with Gasteiger partial charge in [-0.15, -0.1) is 10.2 Å². The van der Waals surface area contributed by atoms with Crippen LogP contribution in [0.25, 0.3) is 0 Å². The van der Waals surface area contributed by atoms with Gasteiger partial charge in [0, 0.05) is 11.7 Å². The van der Waals surface area contributed by atoms with Gasteiger partial charge in [-0.2, -0.15) is 13.2 Å². The number of alkyl halides is 3. The third-order valence-electron chi connectivity index (χ3n) is 5.34. The summed E-state index contributed by atoms with van der Waals surface area (Å²) in [6.07, 6.45) is -1.55. The Labute approximate surface area is 186 Å². The van der Waals surface area contributed by atoms with Crippen LogP contribution in [0, 0.1) is 5.82 Å². The second kappa shape index (κ2) is 9.33. The average molecular weight is 464 g/mol. The molecule has 32 heavy (non-hydrogen) atoms. The number of halogens is 4. The van der Waals surface area contributed by atoms with Crippen LogP contribution in [0.3, 0.4) is 0 Å². The molecule has 0 radical (unpaired) electrons. The van der Waals surface area contributed by atoms with Crippen LogP contribution < -0.4 is 5.32 Å². The number of likely N-dealkylation sites (tertiary alicyclic amines) is 1. The Bertz CT molecular complexity index is 1070. The van der Waals surface area contributed by atoms with E-state index in [2.05, 4.69) is 20.4 Å². The van der Waals surface area contributed by atoms with Crippen molar-refractivity contribution in [3.05, 3.63) is 75.5 Å². The third-order valence-corrected chi connectivity index (χ3v) is 6.24. The molecular formula is C22H20F4N4OS. The maximum atomic E-state index is 13.0. The van der Waals surface area contributed by atoms with Crippen molar-refractivity contribution in [1.29, 1.82) is 0 Å². The summed E-state index contributed by atoms with van der Waals surface area (Å²) in [6, 6.07) is 10.7. The first-order valence-electron chi connectivity index (χ1n) is 10.1. The van der Waals surface area contributed by atoms with Gasteiger partial charge in [0.15, 0.2) is 0 Å². The topological polar surface area (TPSA) is 58.1 Å². The fourth-order valence-electron chi connectivity index (χ4n) is 3.75. The molecule has 10 heteroatoms. The number of benzene rings is 2. The van der Waals surface area contributed by atoms with Crippen molar-refractivity contribution in [1.82, 2.24) is 15.1 Å². The van der Waals surface area contributed by atoms with Gasteiger partial charge in [-0.3, -0.25) is 9.69 Å². The van der Waals surface area contributed by atoms with E-state index in [0.29, 0.717) is 17.2 Å². The molecule has 0 spiro atoms. The summed E-state index contributed by atoms with van der Waals surface area (Å²) in [7, 11) is 0. The van der Waals surface area contributed by atoms with Crippen LogP contribution in [-0.4, -0.2) is 27.5 Å². The Kier molecular flexibility index (Phi) is 6.52. The molecule has 2 heterocycles. The molecule has 1 N–H and O–H groups in total. The van der Waals surface area contributed by atoms with E-state index >= 15 is 0 Å². The first kappa shape index (κ1) is 22.3. The van der Waals surface area contributed by atoms with Gasteiger partial charge in [0.2, 0.25) is 5.01 Å². The smallest absolute Gasteiger partial charge is 0.320 e. The lowest BCUT2D eigenvalue weighted by atomic mass is 9.94. The van der Waals surface area contributed by atoms with Crippen LogP contribution in [0.15, 0.2) is 48.5 Å². The molecule has 0 bridgehead atoms. The van der Waals surface area contributed by atoms with Crippen LogP contribution >= 0.6 is 11.3 Å². The summed E-state index contributed by atoms with van der Waals surface area (Å²) in [5, 5.41) is 11.6. The monoisotopic (exact) mass is 464 g/mol. The molecule has 2 aromatic carbocycles. The maximum Gasteiger partial charge on any atom is 0.416 e. The molecule has 1 saturated heterocycles. The van der Waals surface area contributed by atoms with Gasteiger partial charge in [-0.05, 0) is 61.3 Å². The maximum absolute atomic E-state index is 13.0. The van der Waals surface area contributed by atoms with E-state index in [1.807, 2.05) is 0 Å². The fourth-order valence-corrected chi connectivity index (χ4v) is 4.51. The minimum absolute atomic E-state index is 0.0218. The van der Waals surface area contributed by atoms with Crippen molar-refractivity contribution in [2.75, 3.05) is 11.9 Å². The predicted octanol–water partition coefficient (Wildman–Crippen LogP) is 5.68. The number of hydrogen-bond donors (Lipinski definition) is 1. The van der Waals surface area contributed by atoms with E-state index in [4.69, 9.17) is 0 Å². The van der Waals surface area contributed by atoms with E-state index in [1.165, 1.54) is 36.4 Å². The number of aromatic nitrogens is 2. The van der Waals surface area contributed by atoms with Gasteiger partial charge >= 0.3 is 6.18 Å². The zero-order valence-corrected chi connectivity index (χ0v) is 17.7. The van der Waals surface area contributed by atoms with Gasteiger partial charge < -0.3 is 5.32 Å². The van der Waals surface area contributed by atoms with Crippen molar-refractivity contribution in [3.63, 3.8) is 0 Å². The highest BCUT2D eigenvalue weighted by atomic mass is 32.1. The van der Waals surface area contributed by atoms with Gasteiger partial charge in [-0.25, -0.2) is 4.39 Å². The Hall–Kier alpha value is -2.85. The molecule has 1 atom stereocenters. The van der Waals surface area contributed by atoms with Crippen molar-refractivity contribution in [2.45, 2.75) is 38.0 Å². The summed E-state index contributed by atoms with van der Waals surface area (Å²) in [4.78, 5) is 14.6. The lowest BCUT2D eigenvalue weighted by molar-refractivity contribution is -0.137. The fraction of sp³-hybridized carbons (Fsp3) is 0.318. The van der Waals surface area contributed by atoms with E-state index in [0.717, 1.165) is 54.8 Å². The van der Waals surface area contributed by atoms with Crippen LogP contribution in [0.2, 0.25) is 0 Å². The Balaban J connectivity index is 1.44. The van der Waals surface area contributed by atoms with E-state index in [1.54, 1.807) is 0 Å². The zero-order chi connectivity index (χ0) is 22.7. The number of nitrogens with one attached hydrogen (secondary N) is 1. The molecule has 1 unspecified atom stereocenters. The SMILES string of the molecule is O=C(Nc1ccc(F)cc1)c1nnc(CN2CCCCC2c2ccc(C(F)(F)F)cc2)s1. The number of amides is 1. The summed E-state index contributed by atoms with van der Waals surface area (Å²) in [6.45, 7) is 1.23. The number of carbonyl (C=O) groups is 1. The van der Waals surface area contributed by atoms with E-state index in [-0.39, 0.29) is 11.0 Å². The average Bonchev–Trinajstić information content (AvgIpc) is 3.24. The molecule has 1 fully saturated rings. The summed E-state index contributed by atoms with van der Waals surface area (Å²) >= 11 is 1.16. The molecule has 1 aliphatic heterocycles. The van der Waals surface area contributed by atoms with Gasteiger partial charge in [0.1, 0.15) is 10.8 Å². The predicted molar refractivity (Wildman–Crippen MR) is 113 cm³/mol. The lowest BCUT2D eigenvalue weighted by Crippen LogP contribution is -2.32. The van der Waals surface area contributed by atoms with E-state index < -0.39 is 23.5 Å². The standard InChI is InChI=1S/C22H20F4N4OS/c23-16-8-10-17(11-9-16)27-20(31)21-29-28-19(32-21)13-30-12-2-1-3-18(30)14-4-6-15(7-5-14)22(24,25)26/h4-11,18H,1-3,12-13H2,(H,27,31). The molecular weight excluding hydrogens is 444 g/mol. The molecule has 5 nitrogen and oxygen atoms in total. The third kappa shape index (κ3) is 5.31. The summed E-state index contributed by atoms with van der Waals surface area (Å²) in [5.41, 5.74) is 0.618. The van der Waals surface area contributed by atoms with Crippen molar-refractivity contribution in [2.24, 2.45) is 0 Å². The summed E-state index contributed by atoms with van der Waals surface area (Å²) < 4.78 is 51.6. The van der Waals surface area contributed by atoms with Crippen LogP contribution in [0.5, 0.6) is 0 Å². The highest BCUT2D eigenvalue weighted by molar-refractivity contribution is 7.13. The Morgan fingerprint density at radius 1 is 1.06 bits per heavy atom. The van der Waals surface area contributed by atoms with Crippen LogP contribution in [-0.2, 0) is 12.7 Å². The number of hydrogen-bond acceptors (Lipinski definition) is 5. The number of rotatable bonds is 5. The molecule has 1 aromatic heterocycles. The van der Waals surface area contributed by atoms with Crippen molar-refractivity contribution < 1.29 is 22.4 Å². The molecule has 1 amide bonds. The second-order valence-electron chi connectivity index (χ2n) is 7.56. The number of piperidine rings is 1. The molecule has 168 valence electrons. The normalized spacial score (nSPS) is 17.3. The van der Waals surface area contributed by atoms with Crippen LogP contribution in [0.4, 0.5) is 23.2 Å². The van der Waals surface area contributed by atoms with Gasteiger partial charge in [0.05, 0.1) is 12.1 Å². The molecule has 0 saturated carbocycles. The Morgan fingerprint density at radius 3 is 2.47 bits per heavy atom. The first-order valence-corrected chi connectivity index (χ1v) is 10.9. The number of anilines is 1. The highest BCUT2D eigenvalue weighted by Gasteiger charge is 2.31. The second-order valence-corrected chi connectivity index (χ2v) is 8.63. The lowest BCUT2D eigenvalue weighted by Gasteiger charge is -2.35. The van der Waals surface area contributed by atoms with Gasteiger partial charge in [0.25, 0.3) is 5.91 Å². The van der Waals surface area contributed by atoms with Crippen LogP contribution in [0.1, 0.15) is 51.2 Å². The van der Waals surface area contributed by atoms with Crippen molar-refractivity contribution >= 4 is 22.9 Å². The minimum atomic E-state index is -4.36. The zero-order valence-electron chi connectivity index (χ0n) is 16.9. The molecule has 3 aromatic rings. The number of carbonyl (C=O) groups excluding carboxylic acids is 1. The number of nitrogens with zero attached hydrogens (tertiary/aromatic N) is 3. The van der Waals surface area contributed by atoms with Crippen molar-refractivity contribution in [3.8, 4) is 0 Å². The van der Waals surface area contributed by atoms with Gasteiger partial charge in [-0.1, -0.05) is 29.9 Å². The molecule has 1 aliphatic rings. The quantitative estimate of drug-likeness (QED) is 0.494. The highest BCUT2D eigenvalue weighted by Crippen LogP contribution is 2.35.